The Balaban J connectivity index is 1.65. The van der Waals surface area contributed by atoms with Crippen LogP contribution in [0.2, 0.25) is 0 Å². The molecule has 0 aliphatic heterocycles. The molecule has 4 aromatic rings. The van der Waals surface area contributed by atoms with Crippen LogP contribution in [0.15, 0.2) is 56.8 Å². The fourth-order valence-electron chi connectivity index (χ4n) is 3.32. The number of hydrogen-bond donors (Lipinski definition) is 1. The zero-order valence-corrected chi connectivity index (χ0v) is 18.1. The predicted molar refractivity (Wildman–Crippen MR) is 121 cm³/mol. The molecule has 0 bridgehead atoms. The summed E-state index contributed by atoms with van der Waals surface area (Å²) in [4.78, 5) is 30.3. The lowest BCUT2D eigenvalue weighted by Gasteiger charge is -2.12. The van der Waals surface area contributed by atoms with E-state index in [1.807, 2.05) is 25.1 Å². The summed E-state index contributed by atoms with van der Waals surface area (Å²) in [6, 6.07) is 11.6. The monoisotopic (exact) mass is 439 g/mol. The number of rotatable bonds is 7. The van der Waals surface area contributed by atoms with Crippen molar-refractivity contribution in [2.24, 2.45) is 0 Å². The molecular formula is C23H22FN3O3S. The molecule has 0 atom stereocenters. The number of halogens is 1. The number of nitrogens with one attached hydrogen (secondary N) is 1. The summed E-state index contributed by atoms with van der Waals surface area (Å²) in [6.07, 6.45) is 1.71. The van der Waals surface area contributed by atoms with E-state index in [1.165, 1.54) is 23.9 Å². The highest BCUT2D eigenvalue weighted by atomic mass is 32.2. The molecule has 0 fully saturated rings. The van der Waals surface area contributed by atoms with E-state index in [1.54, 1.807) is 23.6 Å². The molecule has 0 aliphatic rings. The standard InChI is InChI=1S/C23H22FN3O3S/c1-3-4-11-27-22(29)21-20(16-7-5-6-8-18(16)30-21)26-23(27)31-13-19(28)25-17-12-15(24)10-9-14(17)2/h5-10,12H,3-4,11,13H2,1-2H3,(H,25,28). The first-order valence-corrected chi connectivity index (χ1v) is 11.1. The molecule has 0 radical (unpaired) electrons. The second kappa shape index (κ2) is 8.93. The van der Waals surface area contributed by atoms with Crippen molar-refractivity contribution in [1.29, 1.82) is 0 Å². The van der Waals surface area contributed by atoms with Crippen molar-refractivity contribution >= 4 is 45.4 Å². The Morgan fingerprint density at radius 3 is 2.87 bits per heavy atom. The molecule has 8 heteroatoms. The fourth-order valence-corrected chi connectivity index (χ4v) is 4.14. The van der Waals surface area contributed by atoms with Crippen LogP contribution in [0.5, 0.6) is 0 Å². The third-order valence-electron chi connectivity index (χ3n) is 4.99. The van der Waals surface area contributed by atoms with Gasteiger partial charge in [-0.05, 0) is 43.2 Å². The average molecular weight is 440 g/mol. The van der Waals surface area contributed by atoms with Crippen LogP contribution in [0, 0.1) is 12.7 Å². The van der Waals surface area contributed by atoms with Crippen LogP contribution >= 0.6 is 11.8 Å². The number of furan rings is 1. The van der Waals surface area contributed by atoms with Gasteiger partial charge < -0.3 is 9.73 Å². The zero-order valence-electron chi connectivity index (χ0n) is 17.3. The minimum Gasteiger partial charge on any atom is -0.448 e. The number of carbonyl (C=O) groups is 1. The minimum atomic E-state index is -0.416. The quantitative estimate of drug-likeness (QED) is 0.319. The smallest absolute Gasteiger partial charge is 0.297 e. The van der Waals surface area contributed by atoms with Crippen LogP contribution in [0.25, 0.3) is 22.1 Å². The van der Waals surface area contributed by atoms with Crippen molar-refractivity contribution < 1.29 is 13.6 Å². The first-order chi connectivity index (χ1) is 15.0. The number of anilines is 1. The maximum atomic E-state index is 13.5. The van der Waals surface area contributed by atoms with Crippen LogP contribution in [-0.4, -0.2) is 21.2 Å². The SMILES string of the molecule is CCCCn1c(SCC(=O)Nc2cc(F)ccc2C)nc2c(oc3ccccc32)c1=O. The normalized spacial score (nSPS) is 11.3. The van der Waals surface area contributed by atoms with Gasteiger partial charge in [0.15, 0.2) is 5.16 Å². The van der Waals surface area contributed by atoms with Gasteiger partial charge in [0, 0.05) is 17.6 Å². The number of aromatic nitrogens is 2. The number of para-hydroxylation sites is 1. The Labute approximate surface area is 182 Å². The molecule has 6 nitrogen and oxygen atoms in total. The number of carbonyl (C=O) groups excluding carboxylic acids is 1. The number of amides is 1. The van der Waals surface area contributed by atoms with E-state index in [9.17, 15) is 14.0 Å². The van der Waals surface area contributed by atoms with Crippen molar-refractivity contribution in [3.05, 3.63) is 64.2 Å². The van der Waals surface area contributed by atoms with Crippen LogP contribution < -0.4 is 10.9 Å². The second-order valence-corrected chi connectivity index (χ2v) is 8.22. The van der Waals surface area contributed by atoms with Gasteiger partial charge in [-0.2, -0.15) is 0 Å². The fraction of sp³-hybridized carbons (Fsp3) is 0.261. The van der Waals surface area contributed by atoms with Gasteiger partial charge in [-0.25, -0.2) is 9.37 Å². The number of aryl methyl sites for hydroxylation is 1. The average Bonchev–Trinajstić information content (AvgIpc) is 3.13. The zero-order chi connectivity index (χ0) is 22.0. The number of benzene rings is 2. The van der Waals surface area contributed by atoms with E-state index in [-0.39, 0.29) is 22.8 Å². The number of hydrogen-bond acceptors (Lipinski definition) is 5. The summed E-state index contributed by atoms with van der Waals surface area (Å²) in [5.74, 6) is -0.677. The predicted octanol–water partition coefficient (Wildman–Crippen LogP) is 5.12. The molecule has 2 aromatic heterocycles. The van der Waals surface area contributed by atoms with Crippen molar-refractivity contribution in [1.82, 2.24) is 9.55 Å². The highest BCUT2D eigenvalue weighted by molar-refractivity contribution is 7.99. The van der Waals surface area contributed by atoms with E-state index < -0.39 is 5.82 Å². The van der Waals surface area contributed by atoms with E-state index in [0.29, 0.717) is 28.5 Å². The molecule has 0 spiro atoms. The summed E-state index contributed by atoms with van der Waals surface area (Å²) < 4.78 is 20.8. The van der Waals surface area contributed by atoms with Gasteiger partial charge in [0.05, 0.1) is 5.75 Å². The summed E-state index contributed by atoms with van der Waals surface area (Å²) in [5, 5.41) is 3.95. The lowest BCUT2D eigenvalue weighted by molar-refractivity contribution is -0.113. The molecule has 1 N–H and O–H groups in total. The summed E-state index contributed by atoms with van der Waals surface area (Å²) in [7, 11) is 0. The van der Waals surface area contributed by atoms with Gasteiger partial charge in [-0.3, -0.25) is 14.2 Å². The summed E-state index contributed by atoms with van der Waals surface area (Å²) >= 11 is 1.18. The molecule has 2 heterocycles. The van der Waals surface area contributed by atoms with Crippen molar-refractivity contribution in [3.63, 3.8) is 0 Å². The Morgan fingerprint density at radius 2 is 2.06 bits per heavy atom. The van der Waals surface area contributed by atoms with Gasteiger partial charge in [-0.1, -0.05) is 43.3 Å². The van der Waals surface area contributed by atoms with E-state index >= 15 is 0 Å². The molecule has 1 amide bonds. The van der Waals surface area contributed by atoms with Crippen LogP contribution in [0.1, 0.15) is 25.3 Å². The van der Waals surface area contributed by atoms with E-state index in [0.717, 1.165) is 23.8 Å². The summed E-state index contributed by atoms with van der Waals surface area (Å²) in [6.45, 7) is 4.33. The Morgan fingerprint density at radius 1 is 1.26 bits per heavy atom. The molecule has 0 saturated carbocycles. The molecular weight excluding hydrogens is 417 g/mol. The molecule has 160 valence electrons. The third-order valence-corrected chi connectivity index (χ3v) is 5.96. The van der Waals surface area contributed by atoms with Gasteiger partial charge in [0.25, 0.3) is 5.56 Å². The van der Waals surface area contributed by atoms with Gasteiger partial charge >= 0.3 is 0 Å². The third kappa shape index (κ3) is 4.34. The first-order valence-electron chi connectivity index (χ1n) is 10.1. The highest BCUT2D eigenvalue weighted by Crippen LogP contribution is 2.27. The van der Waals surface area contributed by atoms with Crippen molar-refractivity contribution in [3.8, 4) is 0 Å². The number of fused-ring (bicyclic) bond motifs is 3. The lowest BCUT2D eigenvalue weighted by Crippen LogP contribution is -2.24. The van der Waals surface area contributed by atoms with E-state index in [4.69, 9.17) is 4.42 Å². The van der Waals surface area contributed by atoms with Crippen LogP contribution in [0.4, 0.5) is 10.1 Å². The molecule has 2 aromatic carbocycles. The van der Waals surface area contributed by atoms with Gasteiger partial charge in [0.1, 0.15) is 16.9 Å². The molecule has 0 aliphatic carbocycles. The second-order valence-electron chi connectivity index (χ2n) is 7.28. The van der Waals surface area contributed by atoms with Gasteiger partial charge in [0.2, 0.25) is 11.5 Å². The maximum Gasteiger partial charge on any atom is 0.297 e. The highest BCUT2D eigenvalue weighted by Gasteiger charge is 2.18. The number of nitrogens with zero attached hydrogens (tertiary/aromatic N) is 2. The first kappa shape index (κ1) is 21.1. The van der Waals surface area contributed by atoms with Crippen LogP contribution in [0.3, 0.4) is 0 Å². The maximum absolute atomic E-state index is 13.5. The minimum absolute atomic E-state index is 0.0375. The Kier molecular flexibility index (Phi) is 6.08. The van der Waals surface area contributed by atoms with Gasteiger partial charge in [-0.15, -0.1) is 0 Å². The Hall–Kier alpha value is -3.13. The summed E-state index contributed by atoms with van der Waals surface area (Å²) in [5.41, 5.74) is 2.27. The molecule has 4 rings (SSSR count). The van der Waals surface area contributed by atoms with Crippen molar-refractivity contribution in [2.45, 2.75) is 38.4 Å². The van der Waals surface area contributed by atoms with Crippen LogP contribution in [-0.2, 0) is 11.3 Å². The largest absolute Gasteiger partial charge is 0.448 e. The van der Waals surface area contributed by atoms with Crippen molar-refractivity contribution in [2.75, 3.05) is 11.1 Å². The number of unbranched alkanes of at least 4 members (excludes halogenated alkanes) is 1. The number of thioether (sulfide) groups is 1. The Bertz CT molecular complexity index is 1330. The lowest BCUT2D eigenvalue weighted by atomic mass is 10.2. The topological polar surface area (TPSA) is 77.1 Å². The molecule has 0 unspecified atom stereocenters. The molecule has 0 saturated heterocycles. The molecule has 31 heavy (non-hydrogen) atoms. The van der Waals surface area contributed by atoms with E-state index in [2.05, 4.69) is 10.3 Å².